The Balaban J connectivity index is 1.46. The van der Waals surface area contributed by atoms with Crippen LogP contribution in [-0.4, -0.2) is 18.4 Å². The highest BCUT2D eigenvalue weighted by molar-refractivity contribution is 7.14. The Labute approximate surface area is 193 Å². The molecule has 4 rings (SSSR count). The Morgan fingerprint density at radius 3 is 2.38 bits per heavy atom. The van der Waals surface area contributed by atoms with Gasteiger partial charge in [-0.1, -0.05) is 6.07 Å². The third kappa shape index (κ3) is 4.86. The maximum Gasteiger partial charge on any atom is 0.416 e. The quantitative estimate of drug-likeness (QED) is 0.376. The minimum atomic E-state index is -5.05. The lowest BCUT2D eigenvalue weighted by Crippen LogP contribution is -2.39. The van der Waals surface area contributed by atoms with Crippen LogP contribution in [0.3, 0.4) is 0 Å². The number of hydrogen-bond acceptors (Lipinski definition) is 4. The molecule has 1 aliphatic heterocycles. The van der Waals surface area contributed by atoms with Crippen molar-refractivity contribution in [1.29, 1.82) is 5.41 Å². The summed E-state index contributed by atoms with van der Waals surface area (Å²) in [6.45, 7) is 0.367. The topological polar surface area (TPSA) is 68.2 Å². The molecule has 12 heteroatoms. The molecule has 1 aliphatic rings. The van der Waals surface area contributed by atoms with Gasteiger partial charge in [-0.3, -0.25) is 10.2 Å². The monoisotopic (exact) mass is 498 g/mol. The molecular weight excluding hydrogens is 482 g/mol. The molecule has 34 heavy (non-hydrogen) atoms. The van der Waals surface area contributed by atoms with E-state index in [4.69, 9.17) is 5.41 Å². The van der Waals surface area contributed by atoms with Crippen LogP contribution in [0.1, 0.15) is 22.3 Å². The van der Waals surface area contributed by atoms with Gasteiger partial charge in [-0.05, 0) is 53.4 Å². The molecule has 0 saturated heterocycles. The summed E-state index contributed by atoms with van der Waals surface area (Å²) in [5, 5.41) is 16.8. The summed E-state index contributed by atoms with van der Waals surface area (Å²) in [6, 6.07) is 9.37. The van der Waals surface area contributed by atoms with Crippen LogP contribution >= 0.6 is 11.3 Å². The summed E-state index contributed by atoms with van der Waals surface area (Å²) < 4.78 is 78.3. The normalized spacial score (nSPS) is 13.9. The van der Waals surface area contributed by atoms with Gasteiger partial charge in [-0.2, -0.15) is 26.3 Å². The Morgan fingerprint density at radius 1 is 1.03 bits per heavy atom. The zero-order valence-electron chi connectivity index (χ0n) is 17.1. The summed E-state index contributed by atoms with van der Waals surface area (Å²) in [4.78, 5) is 14.0. The molecule has 2 heterocycles. The number of nitrogens with zero attached hydrogens (tertiary/aromatic N) is 1. The van der Waals surface area contributed by atoms with E-state index in [2.05, 4.69) is 10.6 Å². The number of carbonyl (C=O) groups is 1. The van der Waals surface area contributed by atoms with Crippen molar-refractivity contribution in [3.05, 3.63) is 76.2 Å². The zero-order valence-corrected chi connectivity index (χ0v) is 18.0. The van der Waals surface area contributed by atoms with E-state index in [1.54, 1.807) is 17.0 Å². The summed E-state index contributed by atoms with van der Waals surface area (Å²) in [5.41, 5.74) is -1.79. The van der Waals surface area contributed by atoms with Crippen molar-refractivity contribution in [3.63, 3.8) is 0 Å². The smallest absolute Gasteiger partial charge is 0.359 e. The van der Waals surface area contributed by atoms with Gasteiger partial charge < -0.3 is 15.5 Å². The molecule has 1 amide bonds. The average Bonchev–Trinajstić information content (AvgIpc) is 3.23. The number of rotatable bonds is 4. The first-order valence-electron chi connectivity index (χ1n) is 9.78. The molecule has 5 nitrogen and oxygen atoms in total. The number of hydrogen-bond donors (Lipinski definition) is 3. The molecule has 3 aromatic rings. The highest BCUT2D eigenvalue weighted by atomic mass is 32.1. The van der Waals surface area contributed by atoms with Gasteiger partial charge in [-0.15, -0.1) is 11.3 Å². The maximum absolute atomic E-state index is 13.3. The van der Waals surface area contributed by atoms with Crippen molar-refractivity contribution in [1.82, 2.24) is 0 Å². The van der Waals surface area contributed by atoms with E-state index >= 15 is 0 Å². The fraction of sp³-hybridized carbons (Fsp3) is 0.182. The van der Waals surface area contributed by atoms with E-state index in [9.17, 15) is 31.1 Å². The zero-order chi connectivity index (χ0) is 24.7. The van der Waals surface area contributed by atoms with E-state index in [1.807, 2.05) is 11.4 Å². The van der Waals surface area contributed by atoms with Crippen molar-refractivity contribution in [3.8, 4) is 0 Å². The summed E-state index contributed by atoms with van der Waals surface area (Å²) in [7, 11) is 0. The second kappa shape index (κ2) is 8.67. The van der Waals surface area contributed by atoms with Crippen LogP contribution in [0.15, 0.2) is 53.9 Å². The Bertz CT molecular complexity index is 1230. The van der Waals surface area contributed by atoms with Crippen LogP contribution in [0.2, 0.25) is 0 Å². The van der Waals surface area contributed by atoms with E-state index in [1.165, 1.54) is 23.5 Å². The van der Waals surface area contributed by atoms with Crippen LogP contribution in [0.25, 0.3) is 0 Å². The van der Waals surface area contributed by atoms with Gasteiger partial charge in [0.25, 0.3) is 0 Å². The molecule has 0 spiro atoms. The van der Waals surface area contributed by atoms with Gasteiger partial charge >= 0.3 is 12.4 Å². The predicted octanol–water partition coefficient (Wildman–Crippen LogP) is 6.18. The highest BCUT2D eigenvalue weighted by Crippen LogP contribution is 2.37. The van der Waals surface area contributed by atoms with Gasteiger partial charge in [-0.25, -0.2) is 0 Å². The first-order chi connectivity index (χ1) is 15.9. The third-order valence-corrected chi connectivity index (χ3v) is 6.02. The lowest BCUT2D eigenvalue weighted by Gasteiger charge is -2.30. The number of fused-ring (bicyclic) bond motifs is 1. The van der Waals surface area contributed by atoms with Crippen LogP contribution in [0.4, 0.5) is 42.7 Å². The second-order valence-electron chi connectivity index (χ2n) is 7.41. The van der Waals surface area contributed by atoms with Crippen molar-refractivity contribution in [2.75, 3.05) is 22.2 Å². The van der Waals surface area contributed by atoms with Crippen molar-refractivity contribution in [2.24, 2.45) is 0 Å². The molecule has 0 radical (unpaired) electrons. The van der Waals surface area contributed by atoms with Gasteiger partial charge in [0.2, 0.25) is 5.91 Å². The lowest BCUT2D eigenvalue weighted by atomic mass is 10.00. The standard InChI is InChI=1S/C22H16F6N4OS/c23-21(24,25)13-2-1-12(17(10-13)22(26,27)28)9-18(33)31-14-3-5-15(6-4-14)32-11-30-20-16(19(32)29)7-8-34-20/h1-8,10,29-30H,9,11H2,(H,31,33). The number of benzene rings is 2. The van der Waals surface area contributed by atoms with Crippen LogP contribution in [0, 0.1) is 5.41 Å². The largest absolute Gasteiger partial charge is 0.416 e. The number of alkyl halides is 6. The number of amides is 1. The predicted molar refractivity (Wildman–Crippen MR) is 117 cm³/mol. The van der Waals surface area contributed by atoms with Gasteiger partial charge in [0, 0.05) is 11.4 Å². The SMILES string of the molecule is N=C1c2ccsc2NCN1c1ccc(NC(=O)Cc2ccc(C(F)(F)F)cc2C(F)(F)F)cc1. The number of nitrogens with one attached hydrogen (secondary N) is 3. The fourth-order valence-corrected chi connectivity index (χ4v) is 4.28. The molecule has 0 saturated carbocycles. The van der Waals surface area contributed by atoms with Crippen molar-refractivity contribution >= 4 is 39.5 Å². The van der Waals surface area contributed by atoms with Crippen LogP contribution in [0.5, 0.6) is 0 Å². The van der Waals surface area contributed by atoms with E-state index < -0.39 is 41.4 Å². The molecule has 0 atom stereocenters. The molecule has 0 fully saturated rings. The Kier molecular flexibility index (Phi) is 6.02. The Morgan fingerprint density at radius 2 is 1.74 bits per heavy atom. The molecule has 178 valence electrons. The minimum absolute atomic E-state index is 0.0118. The van der Waals surface area contributed by atoms with Crippen molar-refractivity contribution < 1.29 is 31.1 Å². The number of carbonyl (C=O) groups excluding carboxylic acids is 1. The molecular formula is C22H16F6N4OS. The van der Waals surface area contributed by atoms with Gasteiger partial charge in [0.15, 0.2) is 0 Å². The highest BCUT2D eigenvalue weighted by Gasteiger charge is 2.38. The van der Waals surface area contributed by atoms with Crippen LogP contribution in [-0.2, 0) is 23.6 Å². The summed E-state index contributed by atoms with van der Waals surface area (Å²) >= 11 is 1.49. The number of halogens is 6. The molecule has 0 unspecified atom stereocenters. The molecule has 3 N–H and O–H groups in total. The average molecular weight is 498 g/mol. The number of thiophene rings is 1. The minimum Gasteiger partial charge on any atom is -0.359 e. The van der Waals surface area contributed by atoms with Gasteiger partial charge in [0.05, 0.1) is 29.8 Å². The summed E-state index contributed by atoms with van der Waals surface area (Å²) in [5.74, 6) is -0.512. The Hall–Kier alpha value is -3.54. The van der Waals surface area contributed by atoms with Gasteiger partial charge in [0.1, 0.15) is 10.8 Å². The number of anilines is 3. The molecule has 2 aromatic carbocycles. The molecule has 1 aromatic heterocycles. The maximum atomic E-state index is 13.3. The van der Waals surface area contributed by atoms with Crippen molar-refractivity contribution in [2.45, 2.75) is 18.8 Å². The molecule has 0 bridgehead atoms. The first kappa shape index (κ1) is 23.6. The first-order valence-corrected chi connectivity index (χ1v) is 10.7. The lowest BCUT2D eigenvalue weighted by molar-refractivity contribution is -0.143. The second-order valence-corrected chi connectivity index (χ2v) is 8.33. The van der Waals surface area contributed by atoms with Crippen LogP contribution < -0.4 is 15.5 Å². The van der Waals surface area contributed by atoms with E-state index in [0.29, 0.717) is 36.0 Å². The summed E-state index contributed by atoms with van der Waals surface area (Å²) in [6.07, 6.45) is -10.7. The molecule has 0 aliphatic carbocycles. The van der Waals surface area contributed by atoms with E-state index in [0.717, 1.165) is 10.6 Å². The van der Waals surface area contributed by atoms with E-state index in [-0.39, 0.29) is 6.07 Å². The third-order valence-electron chi connectivity index (χ3n) is 5.14. The number of amidine groups is 1. The fourth-order valence-electron chi connectivity index (χ4n) is 3.50.